The number of rotatable bonds is 3. The summed E-state index contributed by atoms with van der Waals surface area (Å²) < 4.78 is 0. The van der Waals surface area contributed by atoms with Gasteiger partial charge >= 0.3 is 0 Å². The quantitative estimate of drug-likeness (QED) is 0.629. The third kappa shape index (κ3) is 3.06. The Labute approximate surface area is 97.9 Å². The van der Waals surface area contributed by atoms with Gasteiger partial charge in [0.1, 0.15) is 5.01 Å². The van der Waals surface area contributed by atoms with Crippen molar-refractivity contribution in [3.05, 3.63) is 46.9 Å². The molecule has 0 amide bonds. The van der Waals surface area contributed by atoms with Crippen LogP contribution in [0.3, 0.4) is 0 Å². The number of aliphatic imine (C=N–C) groups is 1. The number of nitrogens with two attached hydrogens (primary N) is 1. The topological polar surface area (TPSA) is 63.3 Å². The van der Waals surface area contributed by atoms with Gasteiger partial charge < -0.3 is 11.1 Å². The van der Waals surface area contributed by atoms with Crippen LogP contribution in [0.25, 0.3) is 0 Å². The van der Waals surface area contributed by atoms with Crippen LogP contribution in [0.4, 0.5) is 5.69 Å². The maximum absolute atomic E-state index is 5.74. The van der Waals surface area contributed by atoms with Crippen LogP contribution in [0.2, 0.25) is 0 Å². The van der Waals surface area contributed by atoms with Crippen molar-refractivity contribution in [3.8, 4) is 0 Å². The summed E-state index contributed by atoms with van der Waals surface area (Å²) in [5.74, 6) is 0.404. The summed E-state index contributed by atoms with van der Waals surface area (Å²) in [6.45, 7) is 0.517. The molecule has 1 aromatic carbocycles. The van der Waals surface area contributed by atoms with Gasteiger partial charge in [0.05, 0.1) is 6.54 Å². The zero-order chi connectivity index (χ0) is 11.2. The van der Waals surface area contributed by atoms with Gasteiger partial charge in [-0.2, -0.15) is 0 Å². The normalized spacial score (nSPS) is 11.4. The van der Waals surface area contributed by atoms with Crippen molar-refractivity contribution in [3.63, 3.8) is 0 Å². The fourth-order valence-electron chi connectivity index (χ4n) is 1.19. The summed E-state index contributed by atoms with van der Waals surface area (Å²) >= 11 is 1.57. The lowest BCUT2D eigenvalue weighted by molar-refractivity contribution is 1.03. The van der Waals surface area contributed by atoms with E-state index < -0.39 is 0 Å². The molecule has 0 bridgehead atoms. The highest BCUT2D eigenvalue weighted by atomic mass is 32.1. The molecule has 0 radical (unpaired) electrons. The Morgan fingerprint density at radius 3 is 2.88 bits per heavy atom. The first-order valence-electron chi connectivity index (χ1n) is 4.85. The Morgan fingerprint density at radius 1 is 1.38 bits per heavy atom. The first kappa shape index (κ1) is 10.6. The molecule has 0 saturated heterocycles. The minimum atomic E-state index is 0.404. The van der Waals surface area contributed by atoms with Crippen LogP contribution >= 0.6 is 11.3 Å². The standard InChI is InChI=1S/C11H12N4S/c12-11(14-8-10-13-6-7-16-10)15-9-4-2-1-3-5-9/h1-7H,8H2,(H3,12,14,15). The van der Waals surface area contributed by atoms with E-state index in [0.29, 0.717) is 12.5 Å². The van der Waals surface area contributed by atoms with Gasteiger partial charge in [-0.15, -0.1) is 11.3 Å². The number of nitrogens with zero attached hydrogens (tertiary/aromatic N) is 2. The molecule has 1 aromatic heterocycles. The van der Waals surface area contributed by atoms with Crippen molar-refractivity contribution in [1.82, 2.24) is 4.98 Å². The molecular formula is C11H12N4S. The molecule has 1 heterocycles. The van der Waals surface area contributed by atoms with Crippen molar-refractivity contribution < 1.29 is 0 Å². The third-order valence-corrected chi connectivity index (χ3v) is 2.68. The van der Waals surface area contributed by atoms with E-state index in [2.05, 4.69) is 15.3 Å². The number of aromatic nitrogens is 1. The van der Waals surface area contributed by atoms with E-state index in [1.807, 2.05) is 35.7 Å². The molecular weight excluding hydrogens is 220 g/mol. The first-order valence-corrected chi connectivity index (χ1v) is 5.73. The van der Waals surface area contributed by atoms with Crippen LogP contribution in [0.15, 0.2) is 46.9 Å². The van der Waals surface area contributed by atoms with E-state index in [9.17, 15) is 0 Å². The van der Waals surface area contributed by atoms with Gasteiger partial charge in [-0.05, 0) is 12.1 Å². The predicted molar refractivity (Wildman–Crippen MR) is 67.5 cm³/mol. The fourth-order valence-corrected chi connectivity index (χ4v) is 1.73. The number of benzene rings is 1. The molecule has 5 heteroatoms. The molecule has 0 fully saturated rings. The average molecular weight is 232 g/mol. The van der Waals surface area contributed by atoms with Crippen molar-refractivity contribution in [2.75, 3.05) is 5.32 Å². The van der Waals surface area contributed by atoms with Crippen LogP contribution in [0.5, 0.6) is 0 Å². The van der Waals surface area contributed by atoms with Crippen LogP contribution in [0, 0.1) is 0 Å². The second-order valence-corrected chi connectivity index (χ2v) is 4.10. The number of nitrogens with one attached hydrogen (secondary N) is 1. The molecule has 82 valence electrons. The number of hydrogen-bond acceptors (Lipinski definition) is 3. The monoisotopic (exact) mass is 232 g/mol. The van der Waals surface area contributed by atoms with Gasteiger partial charge in [0.25, 0.3) is 0 Å². The summed E-state index contributed by atoms with van der Waals surface area (Å²) in [7, 11) is 0. The zero-order valence-corrected chi connectivity index (χ0v) is 9.45. The first-order chi connectivity index (χ1) is 7.84. The molecule has 16 heavy (non-hydrogen) atoms. The molecule has 0 unspecified atom stereocenters. The maximum atomic E-state index is 5.74. The van der Waals surface area contributed by atoms with Gasteiger partial charge in [0.2, 0.25) is 0 Å². The largest absolute Gasteiger partial charge is 0.370 e. The van der Waals surface area contributed by atoms with Crippen molar-refractivity contribution in [2.24, 2.45) is 10.7 Å². The van der Waals surface area contributed by atoms with Crippen molar-refractivity contribution in [2.45, 2.75) is 6.54 Å². The third-order valence-electron chi connectivity index (χ3n) is 1.91. The maximum Gasteiger partial charge on any atom is 0.193 e. The molecule has 0 spiro atoms. The van der Waals surface area contributed by atoms with Crippen LogP contribution in [-0.2, 0) is 6.54 Å². The number of thiazole rings is 1. The van der Waals surface area contributed by atoms with Gasteiger partial charge in [0, 0.05) is 17.3 Å². The lowest BCUT2D eigenvalue weighted by Crippen LogP contribution is -2.22. The summed E-state index contributed by atoms with van der Waals surface area (Å²) in [5.41, 5.74) is 6.67. The zero-order valence-electron chi connectivity index (χ0n) is 8.63. The second-order valence-electron chi connectivity index (χ2n) is 3.12. The van der Waals surface area contributed by atoms with Crippen molar-refractivity contribution >= 4 is 23.0 Å². The molecule has 0 aliphatic heterocycles. The number of guanidine groups is 1. The van der Waals surface area contributed by atoms with Crippen molar-refractivity contribution in [1.29, 1.82) is 0 Å². The molecule has 0 atom stereocenters. The van der Waals surface area contributed by atoms with Gasteiger partial charge in [0.15, 0.2) is 5.96 Å². The number of hydrogen-bond donors (Lipinski definition) is 2. The van der Waals surface area contributed by atoms with Crippen LogP contribution < -0.4 is 11.1 Å². The molecule has 0 saturated carbocycles. The predicted octanol–water partition coefficient (Wildman–Crippen LogP) is 2.07. The lowest BCUT2D eigenvalue weighted by atomic mass is 10.3. The Bertz CT molecular complexity index is 450. The van der Waals surface area contributed by atoms with E-state index in [1.165, 1.54) is 0 Å². The van der Waals surface area contributed by atoms with E-state index in [-0.39, 0.29) is 0 Å². The molecule has 2 aromatic rings. The van der Waals surface area contributed by atoms with Gasteiger partial charge in [-0.3, -0.25) is 0 Å². The van der Waals surface area contributed by atoms with Crippen LogP contribution in [0.1, 0.15) is 5.01 Å². The summed E-state index contributed by atoms with van der Waals surface area (Å²) in [6, 6.07) is 9.71. The van der Waals surface area contributed by atoms with E-state index >= 15 is 0 Å². The Hall–Kier alpha value is -1.88. The molecule has 4 nitrogen and oxygen atoms in total. The smallest absolute Gasteiger partial charge is 0.193 e. The van der Waals surface area contributed by atoms with E-state index in [0.717, 1.165) is 10.7 Å². The average Bonchev–Trinajstić information content (AvgIpc) is 2.81. The minimum Gasteiger partial charge on any atom is -0.370 e. The molecule has 3 N–H and O–H groups in total. The molecule has 0 aliphatic carbocycles. The second kappa shape index (κ2) is 5.27. The molecule has 0 aliphatic rings. The van der Waals surface area contributed by atoms with E-state index in [4.69, 9.17) is 5.73 Å². The highest BCUT2D eigenvalue weighted by Gasteiger charge is 1.95. The van der Waals surface area contributed by atoms with Gasteiger partial charge in [-0.25, -0.2) is 9.98 Å². The lowest BCUT2D eigenvalue weighted by Gasteiger charge is -2.04. The summed E-state index contributed by atoms with van der Waals surface area (Å²) in [6.07, 6.45) is 1.76. The SMILES string of the molecule is NC(=NCc1nccs1)Nc1ccccc1. The fraction of sp³-hybridized carbons (Fsp3) is 0.0909. The van der Waals surface area contributed by atoms with Crippen LogP contribution in [-0.4, -0.2) is 10.9 Å². The number of anilines is 1. The molecule has 2 rings (SSSR count). The Kier molecular flexibility index (Phi) is 3.50. The van der Waals surface area contributed by atoms with Gasteiger partial charge in [-0.1, -0.05) is 18.2 Å². The minimum absolute atomic E-state index is 0.404. The summed E-state index contributed by atoms with van der Waals surface area (Å²) in [5, 5.41) is 5.89. The summed E-state index contributed by atoms with van der Waals surface area (Å²) in [4.78, 5) is 8.32. The van der Waals surface area contributed by atoms with E-state index in [1.54, 1.807) is 17.5 Å². The Morgan fingerprint density at radius 2 is 2.19 bits per heavy atom. The number of para-hydroxylation sites is 1. The highest BCUT2D eigenvalue weighted by molar-refractivity contribution is 7.09. The Balaban J connectivity index is 1.93. The highest BCUT2D eigenvalue weighted by Crippen LogP contribution is 2.06.